The average molecular weight is 457 g/mol. The molecule has 5 nitrogen and oxygen atoms in total. The van der Waals surface area contributed by atoms with Crippen LogP contribution in [0.2, 0.25) is 5.02 Å². The Kier molecular flexibility index (Phi) is 7.71. The van der Waals surface area contributed by atoms with Crippen LogP contribution in [0.5, 0.6) is 0 Å². The maximum atomic E-state index is 13.3. The molecule has 0 fully saturated rings. The number of carbonyl (C=O) groups excluding carboxylic acids is 1. The Morgan fingerprint density at radius 1 is 0.968 bits per heavy atom. The minimum atomic E-state index is -3.94. The van der Waals surface area contributed by atoms with E-state index in [9.17, 15) is 13.2 Å². The number of hydrogen-bond acceptors (Lipinski definition) is 3. The lowest BCUT2D eigenvalue weighted by Gasteiger charge is -2.24. The number of amides is 1. The maximum absolute atomic E-state index is 13.3. The van der Waals surface area contributed by atoms with Crippen LogP contribution in [0.15, 0.2) is 83.8 Å². The van der Waals surface area contributed by atoms with E-state index in [-0.39, 0.29) is 17.3 Å². The van der Waals surface area contributed by atoms with Gasteiger partial charge in [0, 0.05) is 11.6 Å². The van der Waals surface area contributed by atoms with Gasteiger partial charge in [-0.25, -0.2) is 8.42 Å². The topological polar surface area (TPSA) is 66.5 Å². The lowest BCUT2D eigenvalue weighted by atomic mass is 10.1. The molecule has 0 unspecified atom stereocenters. The number of nitrogens with zero attached hydrogens (tertiary/aromatic N) is 1. The molecule has 3 aromatic carbocycles. The standard InChI is InChI=1S/C24H25ClN2O3S/c1-19-14-15-21(17-23(19)25)27(31(29,30)22-12-6-3-7-13-22)18-24(28)26-16-8-11-20-9-4-2-5-10-20/h2-7,9-10,12-15,17H,8,11,16,18H2,1H3,(H,26,28). The van der Waals surface area contributed by atoms with Gasteiger partial charge in [0.05, 0.1) is 10.6 Å². The molecule has 0 aliphatic carbocycles. The molecule has 0 atom stereocenters. The molecule has 0 aliphatic heterocycles. The Morgan fingerprint density at radius 3 is 2.26 bits per heavy atom. The van der Waals surface area contributed by atoms with Crippen molar-refractivity contribution in [2.75, 3.05) is 17.4 Å². The molecular weight excluding hydrogens is 432 g/mol. The second-order valence-corrected chi connectivity index (χ2v) is 9.47. The highest BCUT2D eigenvalue weighted by Gasteiger charge is 2.27. The van der Waals surface area contributed by atoms with Crippen molar-refractivity contribution in [2.24, 2.45) is 0 Å². The summed E-state index contributed by atoms with van der Waals surface area (Å²) < 4.78 is 27.7. The molecule has 0 saturated heterocycles. The largest absolute Gasteiger partial charge is 0.355 e. The summed E-state index contributed by atoms with van der Waals surface area (Å²) in [6.07, 6.45) is 1.60. The summed E-state index contributed by atoms with van der Waals surface area (Å²) in [7, 11) is -3.94. The molecule has 7 heteroatoms. The molecule has 0 saturated carbocycles. The number of hydrogen-bond donors (Lipinski definition) is 1. The molecule has 0 radical (unpaired) electrons. The predicted octanol–water partition coefficient (Wildman–Crippen LogP) is 4.59. The molecule has 3 rings (SSSR count). The minimum absolute atomic E-state index is 0.114. The molecular formula is C24H25ClN2O3S. The third-order valence-electron chi connectivity index (χ3n) is 4.87. The third kappa shape index (κ3) is 6.09. The summed E-state index contributed by atoms with van der Waals surface area (Å²) in [5.41, 5.74) is 2.37. The van der Waals surface area contributed by atoms with Crippen molar-refractivity contribution in [3.8, 4) is 0 Å². The van der Waals surface area contributed by atoms with Crippen LogP contribution in [0, 0.1) is 6.92 Å². The molecule has 3 aromatic rings. The molecule has 162 valence electrons. The van der Waals surface area contributed by atoms with Crippen molar-refractivity contribution in [3.05, 3.63) is 95.0 Å². The zero-order valence-corrected chi connectivity index (χ0v) is 18.9. The average Bonchev–Trinajstić information content (AvgIpc) is 2.78. The van der Waals surface area contributed by atoms with Crippen LogP contribution in [0.25, 0.3) is 0 Å². The summed E-state index contributed by atoms with van der Waals surface area (Å²) in [5, 5.41) is 3.26. The van der Waals surface area contributed by atoms with Gasteiger partial charge in [-0.1, -0.05) is 66.2 Å². The van der Waals surface area contributed by atoms with Gasteiger partial charge in [-0.15, -0.1) is 0 Å². The maximum Gasteiger partial charge on any atom is 0.264 e. The first-order valence-electron chi connectivity index (χ1n) is 10.0. The zero-order valence-electron chi connectivity index (χ0n) is 17.3. The molecule has 31 heavy (non-hydrogen) atoms. The van der Waals surface area contributed by atoms with Gasteiger partial charge in [-0.2, -0.15) is 0 Å². The quantitative estimate of drug-likeness (QED) is 0.479. The number of anilines is 1. The number of benzene rings is 3. The summed E-state index contributed by atoms with van der Waals surface area (Å²) in [5.74, 6) is -0.371. The summed E-state index contributed by atoms with van der Waals surface area (Å²) in [6, 6.07) is 23.0. The highest BCUT2D eigenvalue weighted by atomic mass is 35.5. The van der Waals surface area contributed by atoms with Crippen LogP contribution < -0.4 is 9.62 Å². The van der Waals surface area contributed by atoms with E-state index >= 15 is 0 Å². The SMILES string of the molecule is Cc1ccc(N(CC(=O)NCCCc2ccccc2)S(=O)(=O)c2ccccc2)cc1Cl. The van der Waals surface area contributed by atoms with Gasteiger partial charge in [0.1, 0.15) is 6.54 Å². The van der Waals surface area contributed by atoms with Gasteiger partial charge in [-0.05, 0) is 55.2 Å². The number of sulfonamides is 1. The summed E-state index contributed by atoms with van der Waals surface area (Å²) in [6.45, 7) is 1.96. The molecule has 0 spiro atoms. The Balaban J connectivity index is 1.73. The van der Waals surface area contributed by atoms with Crippen LogP contribution in [-0.2, 0) is 21.2 Å². The number of nitrogens with one attached hydrogen (secondary N) is 1. The first kappa shape index (κ1) is 22.8. The normalized spacial score (nSPS) is 11.2. The van der Waals surface area contributed by atoms with E-state index in [2.05, 4.69) is 5.32 Å². The first-order valence-corrected chi connectivity index (χ1v) is 11.8. The fraction of sp³-hybridized carbons (Fsp3) is 0.208. The van der Waals surface area contributed by atoms with Crippen LogP contribution in [-0.4, -0.2) is 27.4 Å². The predicted molar refractivity (Wildman–Crippen MR) is 125 cm³/mol. The number of halogens is 1. The highest BCUT2D eigenvalue weighted by Crippen LogP contribution is 2.27. The smallest absolute Gasteiger partial charge is 0.264 e. The molecule has 1 N–H and O–H groups in total. The first-order chi connectivity index (χ1) is 14.9. The van der Waals surface area contributed by atoms with Crippen molar-refractivity contribution in [2.45, 2.75) is 24.7 Å². The van der Waals surface area contributed by atoms with E-state index in [0.29, 0.717) is 17.3 Å². The summed E-state index contributed by atoms with van der Waals surface area (Å²) >= 11 is 6.23. The van der Waals surface area contributed by atoms with Crippen LogP contribution >= 0.6 is 11.6 Å². The van der Waals surface area contributed by atoms with Crippen molar-refractivity contribution >= 4 is 33.2 Å². The van der Waals surface area contributed by atoms with Gasteiger partial charge in [-0.3, -0.25) is 9.10 Å². The molecule has 0 heterocycles. The van der Waals surface area contributed by atoms with Gasteiger partial charge in [0.15, 0.2) is 0 Å². The van der Waals surface area contributed by atoms with Gasteiger partial charge < -0.3 is 5.32 Å². The molecule has 0 aliphatic rings. The van der Waals surface area contributed by atoms with Crippen LogP contribution in [0.3, 0.4) is 0 Å². The van der Waals surface area contributed by atoms with E-state index in [1.807, 2.05) is 37.3 Å². The number of rotatable bonds is 9. The molecule has 0 bridgehead atoms. The minimum Gasteiger partial charge on any atom is -0.355 e. The lowest BCUT2D eigenvalue weighted by Crippen LogP contribution is -2.41. The fourth-order valence-corrected chi connectivity index (χ4v) is 4.73. The summed E-state index contributed by atoms with van der Waals surface area (Å²) in [4.78, 5) is 12.7. The second-order valence-electron chi connectivity index (χ2n) is 7.20. The van der Waals surface area contributed by atoms with E-state index in [4.69, 9.17) is 11.6 Å². The number of aryl methyl sites for hydroxylation is 2. The van der Waals surface area contributed by atoms with E-state index < -0.39 is 10.0 Å². The van der Waals surface area contributed by atoms with Crippen molar-refractivity contribution < 1.29 is 13.2 Å². The lowest BCUT2D eigenvalue weighted by molar-refractivity contribution is -0.119. The van der Waals surface area contributed by atoms with Gasteiger partial charge >= 0.3 is 0 Å². The van der Waals surface area contributed by atoms with Gasteiger partial charge in [0.25, 0.3) is 10.0 Å². The number of carbonyl (C=O) groups is 1. The Labute approximate surface area is 188 Å². The monoisotopic (exact) mass is 456 g/mol. The Bertz CT molecular complexity index is 1120. The fourth-order valence-electron chi connectivity index (χ4n) is 3.12. The molecule has 0 aromatic heterocycles. The van der Waals surface area contributed by atoms with Crippen LogP contribution in [0.1, 0.15) is 17.5 Å². The zero-order chi connectivity index (χ0) is 22.3. The van der Waals surface area contributed by atoms with Crippen LogP contribution in [0.4, 0.5) is 5.69 Å². The highest BCUT2D eigenvalue weighted by molar-refractivity contribution is 7.92. The Morgan fingerprint density at radius 2 is 1.61 bits per heavy atom. The Hall–Kier alpha value is -2.83. The third-order valence-corrected chi connectivity index (χ3v) is 7.06. The van der Waals surface area contributed by atoms with E-state index in [1.165, 1.54) is 17.7 Å². The van der Waals surface area contributed by atoms with Crippen molar-refractivity contribution in [1.82, 2.24) is 5.32 Å². The van der Waals surface area contributed by atoms with Gasteiger partial charge in [0.2, 0.25) is 5.91 Å². The van der Waals surface area contributed by atoms with E-state index in [1.54, 1.807) is 36.4 Å². The van der Waals surface area contributed by atoms with E-state index in [0.717, 1.165) is 22.7 Å². The molecule has 1 amide bonds. The second kappa shape index (κ2) is 10.5. The van der Waals surface area contributed by atoms with Crippen molar-refractivity contribution in [3.63, 3.8) is 0 Å². The van der Waals surface area contributed by atoms with Crippen molar-refractivity contribution in [1.29, 1.82) is 0 Å².